The molecule has 1 radical (unpaired) electrons. The van der Waals surface area contributed by atoms with Crippen molar-refractivity contribution in [3.63, 3.8) is 0 Å². The van der Waals surface area contributed by atoms with Gasteiger partial charge in [0.15, 0.2) is 11.6 Å². The van der Waals surface area contributed by atoms with Gasteiger partial charge in [-0.1, -0.05) is 35.3 Å². The topological polar surface area (TPSA) is 48.0 Å². The summed E-state index contributed by atoms with van der Waals surface area (Å²) in [6.07, 6.45) is 0. The van der Waals surface area contributed by atoms with Gasteiger partial charge >= 0.3 is 0 Å². The van der Waals surface area contributed by atoms with Crippen LogP contribution in [0.2, 0.25) is 10.0 Å². The summed E-state index contributed by atoms with van der Waals surface area (Å²) in [4.78, 5) is 12.2. The molecule has 0 bridgehead atoms. The van der Waals surface area contributed by atoms with E-state index < -0.39 is 23.4 Å². The predicted molar refractivity (Wildman–Crippen MR) is 128 cm³/mol. The van der Waals surface area contributed by atoms with Crippen LogP contribution in [0.25, 0.3) is 32.9 Å². The Labute approximate surface area is 202 Å². The molecule has 8 heteroatoms. The van der Waals surface area contributed by atoms with Gasteiger partial charge < -0.3 is 10.3 Å². The molecule has 0 aliphatic rings. The minimum atomic E-state index is -1.29. The highest BCUT2D eigenvalue weighted by atomic mass is 35.5. The number of hydrogen-bond donors (Lipinski definition) is 1. The number of halogens is 5. The second-order valence-electron chi connectivity index (χ2n) is 7.76. The summed E-state index contributed by atoms with van der Waals surface area (Å²) >= 11 is 12.8. The number of carbonyl (C=O) groups excluding carboxylic acids is 1. The smallest absolute Gasteiger partial charge is 0.249 e. The maximum atomic E-state index is 14.6. The molecule has 5 aromatic rings. The Morgan fingerprint density at radius 2 is 1.68 bits per heavy atom. The molecule has 0 spiro atoms. The molecule has 34 heavy (non-hydrogen) atoms. The lowest BCUT2D eigenvalue weighted by molar-refractivity contribution is 0.100. The fraction of sp³-hybridized carbons (Fsp3) is 0.0385. The van der Waals surface area contributed by atoms with Crippen LogP contribution in [-0.4, -0.2) is 10.5 Å². The first kappa shape index (κ1) is 22.3. The van der Waals surface area contributed by atoms with Crippen molar-refractivity contribution in [2.24, 2.45) is 5.73 Å². The van der Waals surface area contributed by atoms with E-state index in [0.717, 1.165) is 6.07 Å². The van der Waals surface area contributed by atoms with Crippen molar-refractivity contribution in [2.75, 3.05) is 0 Å². The highest BCUT2D eigenvalue weighted by molar-refractivity contribution is 6.39. The largest absolute Gasteiger partial charge is 0.366 e. The molecule has 0 fully saturated rings. The zero-order valence-corrected chi connectivity index (χ0v) is 18.8. The number of nitrogens with zero attached hydrogens (tertiary/aromatic N) is 1. The molecule has 0 aliphatic carbocycles. The Kier molecular flexibility index (Phi) is 5.50. The molecule has 1 aromatic heterocycles. The van der Waals surface area contributed by atoms with Gasteiger partial charge in [-0.15, -0.1) is 0 Å². The van der Waals surface area contributed by atoms with Crippen LogP contribution >= 0.6 is 23.2 Å². The summed E-state index contributed by atoms with van der Waals surface area (Å²) in [6.45, 7) is -0.212. The summed E-state index contributed by atoms with van der Waals surface area (Å²) in [6, 6.07) is 18.1. The van der Waals surface area contributed by atoms with Gasteiger partial charge in [0.05, 0.1) is 17.6 Å². The molecule has 1 heterocycles. The second kappa shape index (κ2) is 8.38. The SMILES string of the molecule is NC(=O)c1cccc2c1c1[c]cc(-c3c(Cl)cccc3Cl)cc1n2Cc1cc(F)cc(F)c1F. The maximum absolute atomic E-state index is 14.6. The van der Waals surface area contributed by atoms with Gasteiger partial charge in [-0.05, 0) is 54.1 Å². The quantitative estimate of drug-likeness (QED) is 0.263. The molecule has 1 amide bonds. The number of benzene rings is 4. The van der Waals surface area contributed by atoms with E-state index in [1.165, 1.54) is 0 Å². The zero-order chi connectivity index (χ0) is 24.1. The van der Waals surface area contributed by atoms with Crippen molar-refractivity contribution in [3.8, 4) is 11.1 Å². The summed E-state index contributed by atoms with van der Waals surface area (Å²) in [7, 11) is 0. The van der Waals surface area contributed by atoms with Crippen molar-refractivity contribution in [3.05, 3.63) is 105 Å². The van der Waals surface area contributed by atoms with E-state index in [-0.39, 0.29) is 17.7 Å². The van der Waals surface area contributed by atoms with E-state index in [2.05, 4.69) is 6.07 Å². The Hall–Kier alpha value is -3.48. The number of amides is 1. The number of aromatic nitrogens is 1. The molecular formula is C26H14Cl2F3N2O. The lowest BCUT2D eigenvalue weighted by Crippen LogP contribution is -2.11. The van der Waals surface area contributed by atoms with E-state index in [1.54, 1.807) is 53.1 Å². The highest BCUT2D eigenvalue weighted by Gasteiger charge is 2.20. The summed E-state index contributed by atoms with van der Waals surface area (Å²) in [5, 5.41) is 1.87. The predicted octanol–water partition coefficient (Wildman–Crippen LogP) is 7.13. The average molecular weight is 498 g/mol. The normalized spacial score (nSPS) is 11.4. The van der Waals surface area contributed by atoms with Crippen LogP contribution in [0, 0.1) is 23.5 Å². The molecule has 169 valence electrons. The Morgan fingerprint density at radius 3 is 2.38 bits per heavy atom. The monoisotopic (exact) mass is 497 g/mol. The molecular weight excluding hydrogens is 484 g/mol. The molecule has 2 N–H and O–H groups in total. The van der Waals surface area contributed by atoms with Gasteiger partial charge in [0, 0.05) is 43.6 Å². The fourth-order valence-electron chi connectivity index (χ4n) is 4.24. The summed E-state index contributed by atoms with van der Waals surface area (Å²) in [5.74, 6) is -4.00. The van der Waals surface area contributed by atoms with Crippen LogP contribution in [0.4, 0.5) is 13.2 Å². The number of hydrogen-bond acceptors (Lipinski definition) is 1. The van der Waals surface area contributed by atoms with Crippen LogP contribution in [0.15, 0.2) is 60.7 Å². The van der Waals surface area contributed by atoms with Crippen molar-refractivity contribution < 1.29 is 18.0 Å². The van der Waals surface area contributed by atoms with E-state index in [4.69, 9.17) is 28.9 Å². The Morgan fingerprint density at radius 1 is 0.971 bits per heavy atom. The highest BCUT2D eigenvalue weighted by Crippen LogP contribution is 2.39. The number of nitrogens with two attached hydrogens (primary N) is 1. The Bertz CT molecular complexity index is 1610. The summed E-state index contributed by atoms with van der Waals surface area (Å²) in [5.41, 5.74) is 7.89. The van der Waals surface area contributed by atoms with Gasteiger partial charge in [0.2, 0.25) is 5.91 Å². The van der Waals surface area contributed by atoms with Crippen molar-refractivity contribution >= 4 is 50.9 Å². The first-order valence-electron chi connectivity index (χ1n) is 10.1. The number of rotatable bonds is 4. The van der Waals surface area contributed by atoms with E-state index in [1.807, 2.05) is 0 Å². The molecule has 0 saturated heterocycles. The van der Waals surface area contributed by atoms with Crippen LogP contribution in [0.3, 0.4) is 0 Å². The second-order valence-corrected chi connectivity index (χ2v) is 8.57. The molecule has 0 atom stereocenters. The molecule has 0 unspecified atom stereocenters. The van der Waals surface area contributed by atoms with Gasteiger partial charge in [-0.2, -0.15) is 0 Å². The van der Waals surface area contributed by atoms with Gasteiger partial charge in [0.25, 0.3) is 0 Å². The zero-order valence-electron chi connectivity index (χ0n) is 17.3. The third kappa shape index (κ3) is 3.59. The van der Waals surface area contributed by atoms with E-state index in [0.29, 0.717) is 49.0 Å². The van der Waals surface area contributed by atoms with Crippen LogP contribution in [0.5, 0.6) is 0 Å². The number of carbonyl (C=O) groups is 1. The van der Waals surface area contributed by atoms with Crippen LogP contribution in [0.1, 0.15) is 15.9 Å². The van der Waals surface area contributed by atoms with Crippen LogP contribution in [-0.2, 0) is 6.54 Å². The summed E-state index contributed by atoms with van der Waals surface area (Å²) < 4.78 is 44.0. The lowest BCUT2D eigenvalue weighted by atomic mass is 10.0. The Balaban J connectivity index is 1.85. The van der Waals surface area contributed by atoms with Crippen molar-refractivity contribution in [1.29, 1.82) is 0 Å². The lowest BCUT2D eigenvalue weighted by Gasteiger charge is -2.11. The minimum Gasteiger partial charge on any atom is -0.366 e. The van der Waals surface area contributed by atoms with Gasteiger partial charge in [-0.3, -0.25) is 4.79 Å². The molecule has 3 nitrogen and oxygen atoms in total. The standard InChI is InChI=1S/C26H14Cl2F3N2O/c27-18-4-2-5-19(28)23(18)13-7-8-16-22(10-13)33(12-14-9-15(29)11-20(30)25(14)31)21-6-1-3-17(24(16)21)26(32)34/h1-7,9-11H,12H2,(H2,32,34). The number of fused-ring (bicyclic) bond motifs is 3. The molecule has 5 rings (SSSR count). The van der Waals surface area contributed by atoms with E-state index >= 15 is 0 Å². The van der Waals surface area contributed by atoms with Gasteiger partial charge in [-0.25, -0.2) is 13.2 Å². The average Bonchev–Trinajstić information content (AvgIpc) is 3.10. The first-order valence-corrected chi connectivity index (χ1v) is 10.9. The molecule has 0 saturated carbocycles. The third-order valence-electron chi connectivity index (χ3n) is 5.71. The fourth-order valence-corrected chi connectivity index (χ4v) is 4.86. The minimum absolute atomic E-state index is 0.193. The van der Waals surface area contributed by atoms with Crippen molar-refractivity contribution in [1.82, 2.24) is 4.57 Å². The maximum Gasteiger partial charge on any atom is 0.249 e. The first-order chi connectivity index (χ1) is 16.3. The van der Waals surface area contributed by atoms with Gasteiger partial charge in [0.1, 0.15) is 5.82 Å². The third-order valence-corrected chi connectivity index (χ3v) is 6.34. The van der Waals surface area contributed by atoms with E-state index in [9.17, 15) is 18.0 Å². The number of primary amides is 1. The van der Waals surface area contributed by atoms with Crippen LogP contribution < -0.4 is 5.73 Å². The molecule has 0 aliphatic heterocycles. The van der Waals surface area contributed by atoms with Crippen molar-refractivity contribution in [2.45, 2.75) is 6.54 Å². The molecule has 4 aromatic carbocycles.